The van der Waals surface area contributed by atoms with E-state index in [0.29, 0.717) is 17.0 Å². The van der Waals surface area contributed by atoms with E-state index < -0.39 is 60.2 Å². The van der Waals surface area contributed by atoms with Crippen LogP contribution in [0.3, 0.4) is 0 Å². The van der Waals surface area contributed by atoms with Crippen LogP contribution in [0.4, 0.5) is 0 Å². The molecule has 0 bridgehead atoms. The molecule has 0 spiro atoms. The van der Waals surface area contributed by atoms with Crippen LogP contribution in [0.1, 0.15) is 29.8 Å². The van der Waals surface area contributed by atoms with Crippen LogP contribution < -0.4 is 21.7 Å². The van der Waals surface area contributed by atoms with Crippen molar-refractivity contribution in [3.8, 4) is 5.75 Å². The summed E-state index contributed by atoms with van der Waals surface area (Å²) in [4.78, 5) is 75.7. The molecule has 16 nitrogen and oxygen atoms in total. The van der Waals surface area contributed by atoms with Gasteiger partial charge in [-0.2, -0.15) is 0 Å². The molecule has 3 aromatic rings. The summed E-state index contributed by atoms with van der Waals surface area (Å²) in [6.07, 6.45) is 4.77. The monoisotopic (exact) mass is 584 g/mol. The molecule has 0 aliphatic heterocycles. The maximum absolute atomic E-state index is 13.5. The molecule has 1 aromatic carbocycles. The molecule has 10 N–H and O–H groups in total. The Kier molecular flexibility index (Phi) is 11.1. The third-order valence-electron chi connectivity index (χ3n) is 6.21. The first-order valence-corrected chi connectivity index (χ1v) is 12.9. The topological polar surface area (TPSA) is 266 Å². The third kappa shape index (κ3) is 9.74. The highest BCUT2D eigenvalue weighted by Crippen LogP contribution is 2.12. The first-order valence-electron chi connectivity index (χ1n) is 12.9. The number of carboxylic acids is 2. The molecule has 0 radical (unpaired) electrons. The Morgan fingerprint density at radius 2 is 1.29 bits per heavy atom. The van der Waals surface area contributed by atoms with E-state index in [-0.39, 0.29) is 31.4 Å². The molecular formula is C26H32N8O8. The largest absolute Gasteiger partial charge is 0.508 e. The van der Waals surface area contributed by atoms with Crippen LogP contribution in [0, 0.1) is 0 Å². The lowest BCUT2D eigenvalue weighted by Crippen LogP contribution is -2.58. The number of aliphatic carboxylic acids is 2. The predicted octanol–water partition coefficient (Wildman–Crippen LogP) is -1.40. The Labute approximate surface area is 239 Å². The molecule has 224 valence electrons. The molecule has 4 atom stereocenters. The van der Waals surface area contributed by atoms with Gasteiger partial charge in [-0.25, -0.2) is 14.8 Å². The number of nitrogens with one attached hydrogen (secondary N) is 5. The van der Waals surface area contributed by atoms with Gasteiger partial charge in [0.25, 0.3) is 0 Å². The molecule has 0 saturated carbocycles. The number of imidazole rings is 2. The molecule has 16 heteroatoms. The minimum absolute atomic E-state index is 0.00228. The summed E-state index contributed by atoms with van der Waals surface area (Å²) in [7, 11) is 0. The van der Waals surface area contributed by atoms with Gasteiger partial charge in [-0.05, 0) is 24.1 Å². The summed E-state index contributed by atoms with van der Waals surface area (Å²) in [5.74, 6) is -5.00. The van der Waals surface area contributed by atoms with Crippen LogP contribution >= 0.6 is 0 Å². The van der Waals surface area contributed by atoms with Crippen LogP contribution in [0.2, 0.25) is 0 Å². The van der Waals surface area contributed by atoms with E-state index in [4.69, 9.17) is 10.8 Å². The zero-order chi connectivity index (χ0) is 30.6. The molecule has 0 aliphatic carbocycles. The zero-order valence-electron chi connectivity index (χ0n) is 22.3. The van der Waals surface area contributed by atoms with Crippen molar-refractivity contribution in [2.24, 2.45) is 5.73 Å². The Balaban J connectivity index is 1.80. The number of hydrogen-bond acceptors (Lipinski definition) is 9. The molecule has 2 heterocycles. The van der Waals surface area contributed by atoms with E-state index in [2.05, 4.69) is 35.9 Å². The number of nitrogens with zero attached hydrogens (tertiary/aromatic N) is 2. The Morgan fingerprint density at radius 1 is 0.762 bits per heavy atom. The number of rotatable bonds is 16. The van der Waals surface area contributed by atoms with Gasteiger partial charge in [-0.1, -0.05) is 12.1 Å². The molecule has 0 fully saturated rings. The summed E-state index contributed by atoms with van der Waals surface area (Å²) >= 11 is 0. The van der Waals surface area contributed by atoms with Gasteiger partial charge in [0.1, 0.15) is 23.9 Å². The average Bonchev–Trinajstić information content (AvgIpc) is 3.65. The number of hydrogen-bond donors (Lipinski definition) is 9. The number of phenols is 1. The second kappa shape index (κ2) is 14.9. The molecule has 2 aromatic heterocycles. The van der Waals surface area contributed by atoms with Crippen molar-refractivity contribution in [2.75, 3.05) is 0 Å². The Bertz CT molecular complexity index is 1350. The number of benzene rings is 1. The number of aromatic nitrogens is 4. The minimum atomic E-state index is -1.53. The Hall–Kier alpha value is -5.25. The fraction of sp³-hybridized carbons (Fsp3) is 0.346. The summed E-state index contributed by atoms with van der Waals surface area (Å²) < 4.78 is 0. The fourth-order valence-electron chi connectivity index (χ4n) is 3.98. The highest BCUT2D eigenvalue weighted by atomic mass is 16.4. The van der Waals surface area contributed by atoms with Gasteiger partial charge in [0.15, 0.2) is 0 Å². The van der Waals surface area contributed by atoms with Gasteiger partial charge >= 0.3 is 11.9 Å². The van der Waals surface area contributed by atoms with E-state index in [0.717, 1.165) is 0 Å². The molecule has 3 rings (SSSR count). The number of aromatic hydroxyl groups is 1. The molecular weight excluding hydrogens is 552 g/mol. The van der Waals surface area contributed by atoms with Crippen molar-refractivity contribution in [3.63, 3.8) is 0 Å². The summed E-state index contributed by atoms with van der Waals surface area (Å²) in [6.45, 7) is 0. The normalized spacial score (nSPS) is 13.7. The first kappa shape index (κ1) is 31.3. The highest BCUT2D eigenvalue weighted by Gasteiger charge is 2.31. The van der Waals surface area contributed by atoms with E-state index in [9.17, 15) is 34.2 Å². The SMILES string of the molecule is NC(Cc1cnc[nH]1)C(=O)NC(Cc1ccc(O)cc1)C(=O)NC(Cc1cnc[nH]1)C(=O)NC(CCC(=O)O)C(=O)O. The van der Waals surface area contributed by atoms with Gasteiger partial charge in [-0.15, -0.1) is 0 Å². The van der Waals surface area contributed by atoms with Crippen LogP contribution in [0.5, 0.6) is 5.75 Å². The van der Waals surface area contributed by atoms with Gasteiger partial charge in [-0.3, -0.25) is 19.2 Å². The molecule has 42 heavy (non-hydrogen) atoms. The van der Waals surface area contributed by atoms with Crippen molar-refractivity contribution in [2.45, 2.75) is 56.3 Å². The van der Waals surface area contributed by atoms with Gasteiger partial charge < -0.3 is 47.0 Å². The van der Waals surface area contributed by atoms with Crippen molar-refractivity contribution < 1.29 is 39.3 Å². The van der Waals surface area contributed by atoms with Crippen molar-refractivity contribution in [1.82, 2.24) is 35.9 Å². The van der Waals surface area contributed by atoms with Crippen molar-refractivity contribution in [3.05, 3.63) is 66.3 Å². The lowest BCUT2D eigenvalue weighted by Gasteiger charge is -2.25. The number of phenolic OH excluding ortho intramolecular Hbond substituents is 1. The lowest BCUT2D eigenvalue weighted by atomic mass is 10.0. The van der Waals surface area contributed by atoms with Crippen LogP contribution in [0.15, 0.2) is 49.3 Å². The van der Waals surface area contributed by atoms with E-state index in [1.807, 2.05) is 0 Å². The number of carbonyl (C=O) groups is 5. The van der Waals surface area contributed by atoms with Crippen molar-refractivity contribution in [1.29, 1.82) is 0 Å². The van der Waals surface area contributed by atoms with Crippen molar-refractivity contribution >= 4 is 29.7 Å². The van der Waals surface area contributed by atoms with E-state index >= 15 is 0 Å². The zero-order valence-corrected chi connectivity index (χ0v) is 22.3. The van der Waals surface area contributed by atoms with Crippen LogP contribution in [-0.4, -0.2) is 89.1 Å². The van der Waals surface area contributed by atoms with E-state index in [1.54, 1.807) is 12.1 Å². The minimum Gasteiger partial charge on any atom is -0.508 e. The number of carbonyl (C=O) groups excluding carboxylic acids is 3. The summed E-state index contributed by atoms with van der Waals surface area (Å²) in [5, 5.41) is 35.5. The van der Waals surface area contributed by atoms with Gasteiger partial charge in [0, 0.05) is 49.5 Å². The number of amides is 3. The highest BCUT2D eigenvalue weighted by molar-refractivity contribution is 5.94. The number of aromatic amines is 2. The van der Waals surface area contributed by atoms with E-state index in [1.165, 1.54) is 37.2 Å². The number of nitrogens with two attached hydrogens (primary N) is 1. The predicted molar refractivity (Wildman–Crippen MR) is 145 cm³/mol. The van der Waals surface area contributed by atoms with Gasteiger partial charge in [0.05, 0.1) is 18.7 Å². The Morgan fingerprint density at radius 3 is 1.81 bits per heavy atom. The standard InChI is InChI=1S/C26H32N8O8/c27-18(8-15-10-28-12-30-15)23(38)33-20(7-14-1-3-17(35)4-2-14)24(39)34-21(9-16-11-29-13-31-16)25(40)32-19(26(41)42)5-6-22(36)37/h1-4,10-13,18-21,35H,5-9,27H2,(H,28,30)(H,29,31)(H,32,40)(H,33,38)(H,34,39)(H,36,37)(H,41,42). The van der Waals surface area contributed by atoms with Crippen LogP contribution in [-0.2, 0) is 43.2 Å². The maximum atomic E-state index is 13.5. The second-order valence-corrected chi connectivity index (χ2v) is 9.49. The summed E-state index contributed by atoms with van der Waals surface area (Å²) in [6, 6.07) is 0.804. The summed E-state index contributed by atoms with van der Waals surface area (Å²) in [5.41, 5.74) is 7.66. The third-order valence-corrected chi connectivity index (χ3v) is 6.21. The maximum Gasteiger partial charge on any atom is 0.326 e. The average molecular weight is 585 g/mol. The van der Waals surface area contributed by atoms with Gasteiger partial charge in [0.2, 0.25) is 17.7 Å². The molecule has 4 unspecified atom stereocenters. The molecule has 3 amide bonds. The van der Waals surface area contributed by atoms with Crippen LogP contribution in [0.25, 0.3) is 0 Å². The first-order chi connectivity index (χ1) is 20.0. The quantitative estimate of drug-likeness (QED) is 0.0944. The molecule has 0 saturated heterocycles. The fourth-order valence-corrected chi connectivity index (χ4v) is 3.98. The second-order valence-electron chi connectivity index (χ2n) is 9.49. The number of carboxylic acid groups (broad SMARTS) is 2. The smallest absolute Gasteiger partial charge is 0.326 e. The number of H-pyrrole nitrogens is 2. The molecule has 0 aliphatic rings. The lowest BCUT2D eigenvalue weighted by molar-refractivity contribution is -0.143.